The molecule has 0 heterocycles. The Labute approximate surface area is 128 Å². The Balaban J connectivity index is 1.88. The standard InChI is InChI=1S/C17H16FN3O/c1-21(11-14-4-2-3-5-16(14)18)12-17(22)20-15-8-6-13(10-19)7-9-15/h2-9H,11-12H2,1H3,(H,20,22)/p+1. The number of amides is 1. The number of nitrogens with one attached hydrogen (secondary N) is 2. The van der Waals surface area contributed by atoms with Gasteiger partial charge in [0.05, 0.1) is 18.7 Å². The number of halogens is 1. The lowest BCUT2D eigenvalue weighted by atomic mass is 10.2. The summed E-state index contributed by atoms with van der Waals surface area (Å²) in [6.07, 6.45) is 0. The van der Waals surface area contributed by atoms with Gasteiger partial charge in [0.1, 0.15) is 12.4 Å². The van der Waals surface area contributed by atoms with E-state index in [1.807, 2.05) is 13.1 Å². The van der Waals surface area contributed by atoms with Gasteiger partial charge in [0, 0.05) is 11.3 Å². The Bertz CT molecular complexity index is 692. The minimum Gasteiger partial charge on any atom is -0.326 e. The van der Waals surface area contributed by atoms with E-state index in [9.17, 15) is 9.18 Å². The highest BCUT2D eigenvalue weighted by molar-refractivity contribution is 5.91. The van der Waals surface area contributed by atoms with E-state index < -0.39 is 0 Å². The molecule has 0 aliphatic heterocycles. The number of benzene rings is 2. The molecule has 5 heteroatoms. The van der Waals surface area contributed by atoms with Crippen molar-refractivity contribution >= 4 is 11.6 Å². The number of anilines is 1. The first-order chi connectivity index (χ1) is 10.6. The molecular formula is C17H17FN3O+. The lowest BCUT2D eigenvalue weighted by molar-refractivity contribution is -0.885. The van der Waals surface area contributed by atoms with E-state index in [1.165, 1.54) is 6.07 Å². The van der Waals surface area contributed by atoms with Crippen LogP contribution in [0.5, 0.6) is 0 Å². The molecule has 22 heavy (non-hydrogen) atoms. The van der Waals surface area contributed by atoms with Gasteiger partial charge in [-0.1, -0.05) is 18.2 Å². The first-order valence-electron chi connectivity index (χ1n) is 6.93. The van der Waals surface area contributed by atoms with Crippen molar-refractivity contribution < 1.29 is 14.1 Å². The number of likely N-dealkylation sites (N-methyl/N-ethyl adjacent to an activating group) is 1. The van der Waals surface area contributed by atoms with Crippen molar-refractivity contribution in [3.8, 4) is 6.07 Å². The van der Waals surface area contributed by atoms with Crippen molar-refractivity contribution in [2.24, 2.45) is 0 Å². The maximum Gasteiger partial charge on any atom is 0.279 e. The topological polar surface area (TPSA) is 57.3 Å². The third kappa shape index (κ3) is 4.40. The van der Waals surface area contributed by atoms with E-state index in [0.717, 1.165) is 4.90 Å². The number of quaternary nitrogens is 1. The minimum absolute atomic E-state index is 0.154. The molecule has 2 aromatic rings. The zero-order valence-corrected chi connectivity index (χ0v) is 12.3. The van der Waals surface area contributed by atoms with E-state index in [0.29, 0.717) is 23.4 Å². The van der Waals surface area contributed by atoms with Gasteiger partial charge in [-0.15, -0.1) is 0 Å². The molecule has 0 fully saturated rings. The molecule has 0 aliphatic rings. The van der Waals surface area contributed by atoms with Crippen LogP contribution in [0.3, 0.4) is 0 Å². The minimum atomic E-state index is -0.255. The molecule has 2 N–H and O–H groups in total. The van der Waals surface area contributed by atoms with Crippen LogP contribution in [0.15, 0.2) is 48.5 Å². The maximum atomic E-state index is 13.6. The van der Waals surface area contributed by atoms with Crippen LogP contribution in [0.4, 0.5) is 10.1 Å². The molecule has 1 unspecified atom stereocenters. The average Bonchev–Trinajstić information content (AvgIpc) is 2.50. The molecule has 2 rings (SSSR count). The molecule has 4 nitrogen and oxygen atoms in total. The van der Waals surface area contributed by atoms with E-state index in [4.69, 9.17) is 5.26 Å². The lowest BCUT2D eigenvalue weighted by Crippen LogP contribution is -3.08. The summed E-state index contributed by atoms with van der Waals surface area (Å²) in [5.74, 6) is -0.409. The van der Waals surface area contributed by atoms with Crippen molar-refractivity contribution in [2.45, 2.75) is 6.54 Å². The first-order valence-corrected chi connectivity index (χ1v) is 6.93. The van der Waals surface area contributed by atoms with Crippen LogP contribution in [0.1, 0.15) is 11.1 Å². The van der Waals surface area contributed by atoms with Crippen LogP contribution >= 0.6 is 0 Å². The summed E-state index contributed by atoms with van der Waals surface area (Å²) in [5.41, 5.74) is 1.77. The van der Waals surface area contributed by atoms with Gasteiger partial charge in [0.25, 0.3) is 5.91 Å². The largest absolute Gasteiger partial charge is 0.326 e. The van der Waals surface area contributed by atoms with E-state index in [2.05, 4.69) is 5.32 Å². The van der Waals surface area contributed by atoms with Gasteiger partial charge in [-0.3, -0.25) is 4.79 Å². The molecule has 1 atom stereocenters. The number of carbonyl (C=O) groups is 1. The van der Waals surface area contributed by atoms with Crippen molar-refractivity contribution in [3.63, 3.8) is 0 Å². The molecular weight excluding hydrogens is 281 g/mol. The van der Waals surface area contributed by atoms with Gasteiger partial charge < -0.3 is 10.2 Å². The maximum absolute atomic E-state index is 13.6. The third-order valence-electron chi connectivity index (χ3n) is 3.21. The van der Waals surface area contributed by atoms with Crippen LogP contribution < -0.4 is 10.2 Å². The molecule has 0 spiro atoms. The summed E-state index contributed by atoms with van der Waals surface area (Å²) in [6.45, 7) is 0.668. The highest BCUT2D eigenvalue weighted by Gasteiger charge is 2.12. The van der Waals surface area contributed by atoms with Gasteiger partial charge >= 0.3 is 0 Å². The summed E-state index contributed by atoms with van der Waals surface area (Å²) in [7, 11) is 1.84. The number of hydrogen-bond donors (Lipinski definition) is 2. The third-order valence-corrected chi connectivity index (χ3v) is 3.21. The molecule has 0 radical (unpaired) electrons. The highest BCUT2D eigenvalue weighted by Crippen LogP contribution is 2.08. The molecule has 0 saturated carbocycles. The van der Waals surface area contributed by atoms with Gasteiger partial charge in [0.2, 0.25) is 0 Å². The van der Waals surface area contributed by atoms with Crippen LogP contribution in [0.25, 0.3) is 0 Å². The second-order valence-corrected chi connectivity index (χ2v) is 5.14. The monoisotopic (exact) mass is 298 g/mol. The Morgan fingerprint density at radius 2 is 1.91 bits per heavy atom. The fourth-order valence-corrected chi connectivity index (χ4v) is 2.14. The second kappa shape index (κ2) is 7.34. The first kappa shape index (κ1) is 15.7. The lowest BCUT2D eigenvalue weighted by Gasteiger charge is -2.14. The van der Waals surface area contributed by atoms with Gasteiger partial charge in [0.15, 0.2) is 6.54 Å². The Kier molecular flexibility index (Phi) is 5.23. The fourth-order valence-electron chi connectivity index (χ4n) is 2.14. The summed E-state index contributed by atoms with van der Waals surface area (Å²) in [5, 5.41) is 11.5. The van der Waals surface area contributed by atoms with Crippen LogP contribution in [0, 0.1) is 17.1 Å². The molecule has 112 valence electrons. The van der Waals surface area contributed by atoms with Crippen molar-refractivity contribution in [2.75, 3.05) is 18.9 Å². The van der Waals surface area contributed by atoms with Crippen LogP contribution in [-0.4, -0.2) is 19.5 Å². The van der Waals surface area contributed by atoms with Crippen LogP contribution in [-0.2, 0) is 11.3 Å². The molecule has 0 saturated heterocycles. The fraction of sp³-hybridized carbons (Fsp3) is 0.176. The number of rotatable bonds is 5. The van der Waals surface area contributed by atoms with E-state index in [-0.39, 0.29) is 18.3 Å². The number of hydrogen-bond acceptors (Lipinski definition) is 2. The zero-order chi connectivity index (χ0) is 15.9. The molecule has 2 aromatic carbocycles. The zero-order valence-electron chi connectivity index (χ0n) is 12.3. The molecule has 1 amide bonds. The SMILES string of the molecule is C[NH+](CC(=O)Nc1ccc(C#N)cc1)Cc1ccccc1F. The van der Waals surface area contributed by atoms with Crippen molar-refractivity contribution in [1.29, 1.82) is 5.26 Å². The molecule has 0 aliphatic carbocycles. The van der Waals surface area contributed by atoms with Gasteiger partial charge in [-0.05, 0) is 30.3 Å². The van der Waals surface area contributed by atoms with Crippen LogP contribution in [0.2, 0.25) is 0 Å². The molecule has 0 aromatic heterocycles. The Morgan fingerprint density at radius 1 is 1.23 bits per heavy atom. The van der Waals surface area contributed by atoms with Gasteiger partial charge in [-0.2, -0.15) is 5.26 Å². The average molecular weight is 298 g/mol. The predicted octanol–water partition coefficient (Wildman–Crippen LogP) is 1.35. The van der Waals surface area contributed by atoms with Crippen molar-refractivity contribution in [3.05, 3.63) is 65.5 Å². The van der Waals surface area contributed by atoms with Gasteiger partial charge in [-0.25, -0.2) is 4.39 Å². The summed E-state index contributed by atoms with van der Waals surface area (Å²) < 4.78 is 13.6. The summed E-state index contributed by atoms with van der Waals surface area (Å²) in [4.78, 5) is 12.8. The normalized spacial score (nSPS) is 11.5. The quantitative estimate of drug-likeness (QED) is 0.875. The number of carbonyl (C=O) groups excluding carboxylic acids is 1. The predicted molar refractivity (Wildman–Crippen MR) is 81.6 cm³/mol. The smallest absolute Gasteiger partial charge is 0.279 e. The van der Waals surface area contributed by atoms with E-state index >= 15 is 0 Å². The highest BCUT2D eigenvalue weighted by atomic mass is 19.1. The van der Waals surface area contributed by atoms with Crippen molar-refractivity contribution in [1.82, 2.24) is 0 Å². The summed E-state index contributed by atoms with van der Waals surface area (Å²) in [6, 6.07) is 15.2. The molecule has 0 bridgehead atoms. The number of nitrogens with zero attached hydrogens (tertiary/aromatic N) is 1. The Hall–Kier alpha value is -2.71. The second-order valence-electron chi connectivity index (χ2n) is 5.14. The Morgan fingerprint density at radius 3 is 2.55 bits per heavy atom. The van der Waals surface area contributed by atoms with E-state index in [1.54, 1.807) is 42.5 Å². The summed E-state index contributed by atoms with van der Waals surface area (Å²) >= 11 is 0. The number of nitriles is 1.